The van der Waals surface area contributed by atoms with E-state index in [0.717, 1.165) is 0 Å². The Balaban J connectivity index is 4.84. The lowest BCUT2D eigenvalue weighted by Gasteiger charge is -2.26. The number of carbonyl (C=O) groups excluding carboxylic acids is 1. The number of aliphatic carboxylic acids is 1. The molecule has 0 aromatic carbocycles. The van der Waals surface area contributed by atoms with Crippen molar-refractivity contribution < 1.29 is 25.0 Å². The minimum absolute atomic E-state index is 0.457. The Hall–Kier alpha value is -0.610. The van der Waals surface area contributed by atoms with Gasteiger partial charge in [-0.05, 0) is 0 Å². The van der Waals surface area contributed by atoms with E-state index in [1.807, 2.05) is 0 Å². The van der Waals surface area contributed by atoms with Gasteiger partial charge < -0.3 is 19.5 Å². The van der Waals surface area contributed by atoms with E-state index < -0.39 is 36.5 Å². The number of rotatable bonds is 5. The van der Waals surface area contributed by atoms with E-state index in [-0.39, 0.29) is 0 Å². The Morgan fingerprint density at radius 3 is 3.00 bits per heavy atom. The summed E-state index contributed by atoms with van der Waals surface area (Å²) in [5.41, 5.74) is 0. The van der Waals surface area contributed by atoms with Gasteiger partial charge in [0, 0.05) is 12.4 Å². The number of quaternary nitrogens is 1. The number of hydrogen-bond donors (Lipinski definition) is 1. The van der Waals surface area contributed by atoms with Crippen LogP contribution in [0.2, 0.25) is 0 Å². The number of likely N-dealkylation sites (N-methyl/N-ethyl adjacent to an activating group) is 1. The van der Waals surface area contributed by atoms with E-state index in [4.69, 9.17) is 6.91 Å². The third-order valence-electron chi connectivity index (χ3n) is 0.913. The summed E-state index contributed by atoms with van der Waals surface area (Å²) in [7, 11) is 2.62. The highest BCUT2D eigenvalue weighted by Crippen LogP contribution is 1.97. The summed E-state index contributed by atoms with van der Waals surface area (Å²) in [5.74, 6) is -1.56. The van der Waals surface area contributed by atoms with Crippen molar-refractivity contribution >= 4 is 5.97 Å². The standard InChI is InChI=1S/C7H15NO3/c1-8(2,3)5-6(9)4-7(10)11/h6,9H,4-5H2,1-3H3/t6-/m0/s1/i1D3,6D,9D. The van der Waals surface area contributed by atoms with Crippen molar-refractivity contribution in [3.05, 3.63) is 0 Å². The van der Waals surface area contributed by atoms with Crippen LogP contribution in [0.3, 0.4) is 0 Å². The molecule has 0 saturated carbocycles. The van der Waals surface area contributed by atoms with Gasteiger partial charge in [0.05, 0.1) is 26.6 Å². The molecule has 1 atom stereocenters. The van der Waals surface area contributed by atoms with Gasteiger partial charge in [-0.15, -0.1) is 0 Å². The lowest BCUT2D eigenvalue weighted by atomic mass is 10.2. The zero-order valence-electron chi connectivity index (χ0n) is 11.6. The molecule has 0 unspecified atom stereocenters. The SMILES string of the molecule is [2H]O[C@@]([2H])(CC(=O)[O-])C[N+](C)(C)C([2H])([2H])[2H]. The third kappa shape index (κ3) is 7.29. The molecule has 0 saturated heterocycles. The Morgan fingerprint density at radius 2 is 2.64 bits per heavy atom. The van der Waals surface area contributed by atoms with Crippen LogP contribution in [0.1, 0.15) is 11.9 Å². The fourth-order valence-electron chi connectivity index (χ4n) is 0.658. The highest BCUT2D eigenvalue weighted by molar-refractivity contribution is 5.64. The van der Waals surface area contributed by atoms with Crippen molar-refractivity contribution in [2.75, 3.05) is 27.6 Å². The lowest BCUT2D eigenvalue weighted by molar-refractivity contribution is -0.873. The number of hydrogen-bond acceptors (Lipinski definition) is 3. The van der Waals surface area contributed by atoms with Gasteiger partial charge in [-0.3, -0.25) is 0 Å². The first kappa shape index (κ1) is 4.42. The molecule has 0 amide bonds. The summed E-state index contributed by atoms with van der Waals surface area (Å²) in [6, 6.07) is 0. The third-order valence-corrected chi connectivity index (χ3v) is 0.913. The second-order valence-electron chi connectivity index (χ2n) is 2.93. The van der Waals surface area contributed by atoms with Crippen LogP contribution in [0.15, 0.2) is 0 Å². The number of nitrogens with zero attached hydrogens (tertiary/aromatic N) is 1. The number of carboxylic acids is 1. The fraction of sp³-hybridized carbons (Fsp3) is 0.857. The largest absolute Gasteiger partial charge is 0.550 e. The average molecular weight is 166 g/mol. The van der Waals surface area contributed by atoms with Crippen LogP contribution in [0.5, 0.6) is 0 Å². The molecule has 0 radical (unpaired) electrons. The van der Waals surface area contributed by atoms with Crippen LogP contribution in [0.4, 0.5) is 0 Å². The molecule has 0 fully saturated rings. The Morgan fingerprint density at radius 1 is 2.00 bits per heavy atom. The van der Waals surface area contributed by atoms with Gasteiger partial charge in [0.1, 0.15) is 12.6 Å². The fourth-order valence-corrected chi connectivity index (χ4v) is 0.658. The van der Waals surface area contributed by atoms with Gasteiger partial charge in [-0.1, -0.05) is 0 Å². The van der Waals surface area contributed by atoms with Crippen molar-refractivity contribution in [2.24, 2.45) is 0 Å². The summed E-state index contributed by atoms with van der Waals surface area (Å²) in [5, 5.41) is 14.4. The lowest BCUT2D eigenvalue weighted by Crippen LogP contribution is -2.43. The van der Waals surface area contributed by atoms with Crippen LogP contribution >= 0.6 is 0 Å². The summed E-state index contributed by atoms with van der Waals surface area (Å²) in [6.07, 6.45) is -2.98. The van der Waals surface area contributed by atoms with Gasteiger partial charge in [-0.25, -0.2) is 0 Å². The molecule has 4 nitrogen and oxygen atoms in total. The van der Waals surface area contributed by atoms with Crippen LogP contribution in [-0.4, -0.2) is 50.7 Å². The zero-order valence-corrected chi connectivity index (χ0v) is 6.59. The van der Waals surface area contributed by atoms with Crippen molar-refractivity contribution in [3.63, 3.8) is 0 Å². The second kappa shape index (κ2) is 3.69. The summed E-state index contributed by atoms with van der Waals surface area (Å²) >= 11 is 0. The van der Waals surface area contributed by atoms with Crippen molar-refractivity contribution in [3.8, 4) is 0 Å². The number of carbonyl (C=O) groups is 1. The Labute approximate surface area is 73.8 Å². The molecule has 0 aliphatic rings. The van der Waals surface area contributed by atoms with E-state index in [1.54, 1.807) is 0 Å². The topological polar surface area (TPSA) is 60.4 Å². The van der Waals surface area contributed by atoms with Crippen LogP contribution in [-0.2, 0) is 4.79 Å². The van der Waals surface area contributed by atoms with Gasteiger partial charge >= 0.3 is 0 Å². The zero-order chi connectivity index (χ0) is 13.2. The van der Waals surface area contributed by atoms with Crippen LogP contribution in [0, 0.1) is 0 Å². The minimum Gasteiger partial charge on any atom is -0.550 e. The van der Waals surface area contributed by atoms with Gasteiger partial charge in [0.2, 0.25) is 1.43 Å². The summed E-state index contributed by atoms with van der Waals surface area (Å²) in [6.45, 7) is -2.88. The molecule has 0 rings (SSSR count). The van der Waals surface area contributed by atoms with Crippen LogP contribution in [0.25, 0.3) is 0 Å². The van der Waals surface area contributed by atoms with E-state index in [1.165, 1.54) is 14.1 Å². The average Bonchev–Trinajstić information content (AvgIpc) is 1.99. The maximum absolute atomic E-state index is 10.4. The predicted molar refractivity (Wildman–Crippen MR) is 38.5 cm³/mol. The Kier molecular flexibility index (Phi) is 1.48. The molecule has 0 aliphatic carbocycles. The van der Waals surface area contributed by atoms with E-state index in [0.29, 0.717) is 0 Å². The molecular formula is C7H15NO3. The molecular weight excluding hydrogens is 146 g/mol. The first-order chi connectivity index (χ1) is 6.93. The molecule has 4 heteroatoms. The van der Waals surface area contributed by atoms with Gasteiger partial charge in [0.15, 0.2) is 0 Å². The number of aliphatic hydroxyl groups is 1. The molecule has 0 aliphatic heterocycles. The van der Waals surface area contributed by atoms with Crippen LogP contribution < -0.4 is 5.11 Å². The highest BCUT2D eigenvalue weighted by atomic mass is 16.4. The molecule has 66 valence electrons. The van der Waals surface area contributed by atoms with E-state index in [2.05, 4.69) is 5.11 Å². The Bertz CT molecular complexity index is 267. The smallest absolute Gasteiger partial charge is 0.211 e. The molecule has 0 heterocycles. The van der Waals surface area contributed by atoms with Crippen molar-refractivity contribution in [2.45, 2.75) is 12.5 Å². The van der Waals surface area contributed by atoms with Gasteiger partial charge in [0.25, 0.3) is 0 Å². The van der Waals surface area contributed by atoms with Gasteiger partial charge in [-0.2, -0.15) is 0 Å². The molecule has 1 N–H and O–H groups in total. The predicted octanol–water partition coefficient (Wildman–Crippen LogP) is -1.81. The maximum atomic E-state index is 10.4. The summed E-state index contributed by atoms with van der Waals surface area (Å²) < 4.78 is 35.2. The second-order valence-corrected chi connectivity index (χ2v) is 2.93. The first-order valence-electron chi connectivity index (χ1n) is 5.52. The highest BCUT2D eigenvalue weighted by Gasteiger charge is 2.14. The van der Waals surface area contributed by atoms with E-state index >= 15 is 0 Å². The molecule has 0 bridgehead atoms. The normalized spacial score (nSPS) is 25.1. The monoisotopic (exact) mass is 166 g/mol. The number of carboxylic acid groups (broad SMARTS) is 1. The maximum Gasteiger partial charge on any atom is 0.211 e. The molecule has 0 aromatic rings. The summed E-state index contributed by atoms with van der Waals surface area (Å²) in [4.78, 5) is 10.4. The first-order valence-corrected chi connectivity index (χ1v) is 3.11. The molecule has 0 spiro atoms. The van der Waals surface area contributed by atoms with Crippen molar-refractivity contribution in [1.29, 1.82) is 1.43 Å². The van der Waals surface area contributed by atoms with E-state index in [9.17, 15) is 9.90 Å². The van der Waals surface area contributed by atoms with Crippen molar-refractivity contribution in [1.82, 2.24) is 0 Å². The minimum atomic E-state index is -2.42. The quantitative estimate of drug-likeness (QED) is 0.490. The molecule has 0 aromatic heterocycles. The molecule has 11 heavy (non-hydrogen) atoms.